The minimum Gasteiger partial charge on any atom is -0.436 e. The zero-order valence-electron chi connectivity index (χ0n) is 17.0. The van der Waals surface area contributed by atoms with Crippen molar-refractivity contribution in [3.8, 4) is 5.88 Å². The van der Waals surface area contributed by atoms with E-state index in [0.29, 0.717) is 0 Å². The van der Waals surface area contributed by atoms with Crippen LogP contribution in [0.1, 0.15) is 17.0 Å². The number of nitrogens with zero attached hydrogens (tertiary/aromatic N) is 4. The first-order valence-electron chi connectivity index (χ1n) is 8.85. The van der Waals surface area contributed by atoms with Crippen molar-refractivity contribution in [3.05, 3.63) is 60.7 Å². The Morgan fingerprint density at radius 2 is 1.52 bits per heavy atom. The molecule has 2 aromatic rings. The lowest BCUT2D eigenvalue weighted by molar-refractivity contribution is -0.307. The van der Waals surface area contributed by atoms with Gasteiger partial charge in [-0.2, -0.15) is 8.78 Å². The summed E-state index contributed by atoms with van der Waals surface area (Å²) in [6.45, 7) is 0. The molecule has 0 N–H and O–H groups in total. The fourth-order valence-electron chi connectivity index (χ4n) is 4.00. The summed E-state index contributed by atoms with van der Waals surface area (Å²) in [5.74, 6) is -7.58. The zero-order chi connectivity index (χ0) is 21.9. The first-order chi connectivity index (χ1) is 13.4. The molecular weight excluding hydrogens is 450 g/mol. The maximum absolute atomic E-state index is 16.2. The molecule has 10 heteroatoms. The standard InChI is InChI=1S/C19H23BrF2N4O3/c1-23(2)19(24(3)4)18(21,22)14(11-7-9-12(20)10-8-11)13-15(27)25(5)17(28)26(6)16(13)29-19/h7-10,14H,1-6H3. The van der Waals surface area contributed by atoms with E-state index in [1.807, 2.05) is 0 Å². The van der Waals surface area contributed by atoms with Crippen molar-refractivity contribution in [1.82, 2.24) is 18.9 Å². The summed E-state index contributed by atoms with van der Waals surface area (Å²) >= 11 is 3.31. The molecule has 2 heterocycles. The summed E-state index contributed by atoms with van der Waals surface area (Å²) in [4.78, 5) is 28.0. The lowest BCUT2D eigenvalue weighted by Gasteiger charge is -2.53. The molecule has 1 atom stereocenters. The van der Waals surface area contributed by atoms with Gasteiger partial charge in [-0.15, -0.1) is 0 Å². The highest BCUT2D eigenvalue weighted by Gasteiger charge is 2.69. The molecule has 1 aliphatic rings. The Kier molecular flexibility index (Phi) is 5.25. The van der Waals surface area contributed by atoms with Crippen molar-refractivity contribution in [1.29, 1.82) is 0 Å². The summed E-state index contributed by atoms with van der Waals surface area (Å²) in [5.41, 5.74) is -1.46. The molecule has 1 aliphatic heterocycles. The molecular formula is C19H23BrF2N4O3. The van der Waals surface area contributed by atoms with Crippen LogP contribution < -0.4 is 16.0 Å². The van der Waals surface area contributed by atoms with Crippen molar-refractivity contribution in [2.45, 2.75) is 17.7 Å². The number of benzene rings is 1. The van der Waals surface area contributed by atoms with Crippen LogP contribution >= 0.6 is 15.9 Å². The molecule has 3 rings (SSSR count). The second-order valence-corrected chi connectivity index (χ2v) is 8.45. The second-order valence-electron chi connectivity index (χ2n) is 7.53. The van der Waals surface area contributed by atoms with Crippen molar-refractivity contribution >= 4 is 15.9 Å². The quantitative estimate of drug-likeness (QED) is 0.637. The molecule has 7 nitrogen and oxygen atoms in total. The van der Waals surface area contributed by atoms with E-state index >= 15 is 8.78 Å². The van der Waals surface area contributed by atoms with Gasteiger partial charge in [0, 0.05) is 18.6 Å². The molecule has 0 saturated carbocycles. The molecule has 1 aromatic heterocycles. The van der Waals surface area contributed by atoms with Crippen LogP contribution in [0.3, 0.4) is 0 Å². The Morgan fingerprint density at radius 1 is 1.00 bits per heavy atom. The van der Waals surface area contributed by atoms with Gasteiger partial charge in [0.05, 0.1) is 11.5 Å². The number of hydrogen-bond acceptors (Lipinski definition) is 5. The van der Waals surface area contributed by atoms with Crippen molar-refractivity contribution in [2.24, 2.45) is 14.1 Å². The highest BCUT2D eigenvalue weighted by Crippen LogP contribution is 2.53. The highest BCUT2D eigenvalue weighted by atomic mass is 79.9. The van der Waals surface area contributed by atoms with Crippen LogP contribution in [0.25, 0.3) is 0 Å². The van der Waals surface area contributed by atoms with Gasteiger partial charge in [-0.3, -0.25) is 23.7 Å². The molecule has 0 saturated heterocycles. The highest BCUT2D eigenvalue weighted by molar-refractivity contribution is 9.10. The Balaban J connectivity index is 2.50. The molecule has 0 spiro atoms. The van der Waals surface area contributed by atoms with Gasteiger partial charge < -0.3 is 4.74 Å². The fourth-order valence-corrected chi connectivity index (χ4v) is 4.27. The third kappa shape index (κ3) is 2.88. The van der Waals surface area contributed by atoms with Gasteiger partial charge in [0.1, 0.15) is 0 Å². The number of halogens is 3. The van der Waals surface area contributed by atoms with E-state index in [1.54, 1.807) is 24.3 Å². The van der Waals surface area contributed by atoms with Crippen molar-refractivity contribution in [3.63, 3.8) is 0 Å². The van der Waals surface area contributed by atoms with Crippen LogP contribution in [0.4, 0.5) is 8.78 Å². The minimum absolute atomic E-state index is 0.167. The predicted octanol–water partition coefficient (Wildman–Crippen LogP) is 1.78. The molecule has 0 aliphatic carbocycles. The van der Waals surface area contributed by atoms with Crippen molar-refractivity contribution in [2.75, 3.05) is 28.2 Å². The van der Waals surface area contributed by atoms with Crippen LogP contribution in [-0.4, -0.2) is 58.9 Å². The Hall–Kier alpha value is -2.04. The Bertz CT molecular complexity index is 1050. The molecule has 158 valence electrons. The minimum atomic E-state index is -3.55. The van der Waals surface area contributed by atoms with Crippen molar-refractivity contribution < 1.29 is 13.5 Å². The van der Waals surface area contributed by atoms with E-state index in [-0.39, 0.29) is 17.0 Å². The lowest BCUT2D eigenvalue weighted by atomic mass is 9.81. The average Bonchev–Trinajstić information content (AvgIpc) is 2.64. The number of aromatic nitrogens is 2. The van der Waals surface area contributed by atoms with E-state index in [4.69, 9.17) is 4.74 Å². The summed E-state index contributed by atoms with van der Waals surface area (Å²) in [5, 5.41) is 0. The molecule has 1 aromatic carbocycles. The molecule has 0 bridgehead atoms. The molecule has 29 heavy (non-hydrogen) atoms. The maximum atomic E-state index is 16.2. The van der Waals surface area contributed by atoms with Crippen LogP contribution in [0, 0.1) is 0 Å². The van der Waals surface area contributed by atoms with Gasteiger partial charge in [-0.25, -0.2) is 4.79 Å². The van der Waals surface area contributed by atoms with Crippen LogP contribution in [0.15, 0.2) is 38.3 Å². The SMILES string of the molecule is CN(C)C1(N(C)C)Oc2c(c(=O)n(C)c(=O)n2C)C(c2ccc(Br)cc2)C1(F)F. The van der Waals surface area contributed by atoms with Crippen LogP contribution in [0.5, 0.6) is 5.88 Å². The Morgan fingerprint density at radius 3 is 2.00 bits per heavy atom. The second kappa shape index (κ2) is 7.03. The number of hydrogen-bond donors (Lipinski definition) is 0. The maximum Gasteiger partial charge on any atom is 0.333 e. The van der Waals surface area contributed by atoms with E-state index in [1.165, 1.54) is 52.1 Å². The first-order valence-corrected chi connectivity index (χ1v) is 9.64. The number of rotatable bonds is 3. The third-order valence-electron chi connectivity index (χ3n) is 5.38. The lowest BCUT2D eigenvalue weighted by Crippen LogP contribution is -2.74. The first kappa shape index (κ1) is 21.7. The summed E-state index contributed by atoms with van der Waals surface area (Å²) in [6, 6.07) is 6.36. The van der Waals surface area contributed by atoms with E-state index in [2.05, 4.69) is 15.9 Å². The van der Waals surface area contributed by atoms with E-state index < -0.39 is 28.9 Å². The summed E-state index contributed by atoms with van der Waals surface area (Å²) in [6.07, 6.45) is 0. The smallest absolute Gasteiger partial charge is 0.333 e. The van der Waals surface area contributed by atoms with Gasteiger partial charge in [-0.05, 0) is 45.9 Å². The average molecular weight is 473 g/mol. The Labute approximate surface area is 175 Å². The summed E-state index contributed by atoms with van der Waals surface area (Å²) in [7, 11) is 8.54. The van der Waals surface area contributed by atoms with E-state index in [0.717, 1.165) is 13.6 Å². The van der Waals surface area contributed by atoms with Crippen LogP contribution in [0.2, 0.25) is 0 Å². The van der Waals surface area contributed by atoms with Gasteiger partial charge in [0.15, 0.2) is 0 Å². The van der Waals surface area contributed by atoms with Crippen LogP contribution in [-0.2, 0) is 14.1 Å². The third-order valence-corrected chi connectivity index (χ3v) is 5.91. The van der Waals surface area contributed by atoms with Gasteiger partial charge >= 0.3 is 11.6 Å². The number of alkyl halides is 2. The van der Waals surface area contributed by atoms with E-state index in [9.17, 15) is 9.59 Å². The number of ether oxygens (including phenoxy) is 1. The summed E-state index contributed by atoms with van der Waals surface area (Å²) < 4.78 is 40.9. The predicted molar refractivity (Wildman–Crippen MR) is 109 cm³/mol. The number of fused-ring (bicyclic) bond motifs is 1. The zero-order valence-corrected chi connectivity index (χ0v) is 18.6. The van der Waals surface area contributed by atoms with Gasteiger partial charge in [0.2, 0.25) is 5.88 Å². The normalized spacial score (nSPS) is 19.9. The molecule has 0 radical (unpaired) electrons. The topological polar surface area (TPSA) is 59.7 Å². The fraction of sp³-hybridized carbons (Fsp3) is 0.474. The van der Waals surface area contributed by atoms with Gasteiger partial charge in [-0.1, -0.05) is 28.1 Å². The monoisotopic (exact) mass is 472 g/mol. The molecule has 1 unspecified atom stereocenters. The largest absolute Gasteiger partial charge is 0.436 e. The van der Waals surface area contributed by atoms with Gasteiger partial charge in [0.25, 0.3) is 11.4 Å². The molecule has 0 amide bonds. The molecule has 0 fully saturated rings.